The topological polar surface area (TPSA) is 29.9 Å². The molecular formula is C11H21N3. The van der Waals surface area contributed by atoms with Crippen molar-refractivity contribution in [1.29, 1.82) is 0 Å². The van der Waals surface area contributed by atoms with E-state index >= 15 is 0 Å². The Bertz CT molecular complexity index is 278. The van der Waals surface area contributed by atoms with Crippen molar-refractivity contribution in [2.45, 2.75) is 46.2 Å². The zero-order valence-electron chi connectivity index (χ0n) is 9.67. The average molecular weight is 195 g/mol. The fraction of sp³-hybridized carbons (Fsp3) is 0.727. The molecule has 3 nitrogen and oxygen atoms in total. The van der Waals surface area contributed by atoms with Gasteiger partial charge in [0.15, 0.2) is 0 Å². The number of hydrogen-bond acceptors (Lipinski definition) is 2. The van der Waals surface area contributed by atoms with Crippen LogP contribution >= 0.6 is 0 Å². The summed E-state index contributed by atoms with van der Waals surface area (Å²) in [6.07, 6.45) is 2.39. The van der Waals surface area contributed by atoms with Crippen LogP contribution in [0.3, 0.4) is 0 Å². The number of nitrogens with one attached hydrogen (secondary N) is 1. The molecular weight excluding hydrogens is 174 g/mol. The van der Waals surface area contributed by atoms with E-state index in [2.05, 4.69) is 35.0 Å². The minimum atomic E-state index is 0.604. The molecule has 1 atom stereocenters. The molecule has 0 bridgehead atoms. The van der Waals surface area contributed by atoms with Crippen LogP contribution < -0.4 is 5.32 Å². The number of nitrogens with zero attached hydrogens (tertiary/aromatic N) is 2. The van der Waals surface area contributed by atoms with E-state index in [1.165, 1.54) is 18.5 Å². The van der Waals surface area contributed by atoms with E-state index in [9.17, 15) is 0 Å². The van der Waals surface area contributed by atoms with Crippen molar-refractivity contribution < 1.29 is 0 Å². The SMILES string of the molecule is CNC(C)CCCn1nc(C)cc1C. The first kappa shape index (κ1) is 11.2. The molecule has 0 aliphatic heterocycles. The highest BCUT2D eigenvalue weighted by atomic mass is 15.3. The maximum atomic E-state index is 4.43. The van der Waals surface area contributed by atoms with E-state index in [4.69, 9.17) is 0 Å². The van der Waals surface area contributed by atoms with Crippen LogP contribution in [0.2, 0.25) is 0 Å². The quantitative estimate of drug-likeness (QED) is 0.777. The third kappa shape index (κ3) is 3.14. The molecule has 1 rings (SSSR count). The second kappa shape index (κ2) is 5.15. The largest absolute Gasteiger partial charge is 0.317 e. The average Bonchev–Trinajstić information content (AvgIpc) is 2.45. The lowest BCUT2D eigenvalue weighted by Crippen LogP contribution is -2.21. The van der Waals surface area contributed by atoms with Crippen molar-refractivity contribution in [1.82, 2.24) is 15.1 Å². The maximum Gasteiger partial charge on any atom is 0.0596 e. The van der Waals surface area contributed by atoms with Gasteiger partial charge >= 0.3 is 0 Å². The van der Waals surface area contributed by atoms with Crippen LogP contribution in [0.5, 0.6) is 0 Å². The standard InChI is InChI=1S/C11H21N3/c1-9(12-4)6-5-7-14-11(3)8-10(2)13-14/h8-9,12H,5-7H2,1-4H3. The Labute approximate surface area is 86.5 Å². The van der Waals surface area contributed by atoms with Gasteiger partial charge in [-0.15, -0.1) is 0 Å². The Hall–Kier alpha value is -0.830. The van der Waals surface area contributed by atoms with E-state index in [1.54, 1.807) is 0 Å². The van der Waals surface area contributed by atoms with Gasteiger partial charge in [-0.05, 0) is 46.7 Å². The lowest BCUT2D eigenvalue weighted by Gasteiger charge is -2.10. The predicted molar refractivity (Wildman–Crippen MR) is 59.5 cm³/mol. The van der Waals surface area contributed by atoms with Crippen molar-refractivity contribution in [2.75, 3.05) is 7.05 Å². The molecule has 1 N–H and O–H groups in total. The highest BCUT2D eigenvalue weighted by molar-refractivity contribution is 5.06. The van der Waals surface area contributed by atoms with Gasteiger partial charge < -0.3 is 5.32 Å². The molecule has 0 saturated heterocycles. The second-order valence-electron chi connectivity index (χ2n) is 3.98. The summed E-state index contributed by atoms with van der Waals surface area (Å²) in [7, 11) is 2.01. The van der Waals surface area contributed by atoms with Crippen molar-refractivity contribution >= 4 is 0 Å². The molecule has 14 heavy (non-hydrogen) atoms. The molecule has 1 aromatic heterocycles. The smallest absolute Gasteiger partial charge is 0.0596 e. The Morgan fingerprint density at radius 1 is 1.50 bits per heavy atom. The van der Waals surface area contributed by atoms with Gasteiger partial charge in [0.25, 0.3) is 0 Å². The minimum Gasteiger partial charge on any atom is -0.317 e. The molecule has 0 radical (unpaired) electrons. The van der Waals surface area contributed by atoms with Crippen LogP contribution in [0.15, 0.2) is 6.07 Å². The molecule has 0 spiro atoms. The van der Waals surface area contributed by atoms with Crippen LogP contribution in [0.4, 0.5) is 0 Å². The Balaban J connectivity index is 2.34. The minimum absolute atomic E-state index is 0.604. The van der Waals surface area contributed by atoms with Crippen LogP contribution in [0.25, 0.3) is 0 Å². The second-order valence-corrected chi connectivity index (χ2v) is 3.98. The maximum absolute atomic E-state index is 4.43. The fourth-order valence-electron chi connectivity index (χ4n) is 1.59. The molecule has 0 amide bonds. The molecule has 0 aliphatic carbocycles. The molecule has 0 fully saturated rings. The molecule has 1 heterocycles. The summed E-state index contributed by atoms with van der Waals surface area (Å²) in [5.41, 5.74) is 2.38. The summed E-state index contributed by atoms with van der Waals surface area (Å²) in [6.45, 7) is 7.40. The van der Waals surface area contributed by atoms with Crippen molar-refractivity contribution in [3.05, 3.63) is 17.5 Å². The highest BCUT2D eigenvalue weighted by Crippen LogP contribution is 2.04. The Kier molecular flexibility index (Phi) is 4.14. The van der Waals surface area contributed by atoms with Crippen LogP contribution in [0, 0.1) is 13.8 Å². The summed E-state index contributed by atoms with van der Waals surface area (Å²) in [5.74, 6) is 0. The number of aryl methyl sites for hydroxylation is 3. The summed E-state index contributed by atoms with van der Waals surface area (Å²) >= 11 is 0. The van der Waals surface area contributed by atoms with E-state index < -0.39 is 0 Å². The summed E-state index contributed by atoms with van der Waals surface area (Å²) in [5, 5.41) is 7.67. The van der Waals surface area contributed by atoms with Crippen molar-refractivity contribution in [2.24, 2.45) is 0 Å². The molecule has 3 heteroatoms. The van der Waals surface area contributed by atoms with Crippen LogP contribution in [-0.2, 0) is 6.54 Å². The van der Waals surface area contributed by atoms with Crippen molar-refractivity contribution in [3.8, 4) is 0 Å². The zero-order valence-corrected chi connectivity index (χ0v) is 9.67. The normalized spacial score (nSPS) is 13.1. The van der Waals surface area contributed by atoms with Crippen LogP contribution in [0.1, 0.15) is 31.2 Å². The first-order chi connectivity index (χ1) is 6.63. The number of aromatic nitrogens is 2. The van der Waals surface area contributed by atoms with E-state index in [-0.39, 0.29) is 0 Å². The fourth-order valence-corrected chi connectivity index (χ4v) is 1.59. The Morgan fingerprint density at radius 3 is 2.71 bits per heavy atom. The molecule has 0 saturated carbocycles. The van der Waals surface area contributed by atoms with Gasteiger partial charge in [-0.1, -0.05) is 0 Å². The monoisotopic (exact) mass is 195 g/mol. The molecule has 0 aliphatic rings. The van der Waals surface area contributed by atoms with E-state index in [0.717, 1.165) is 12.2 Å². The summed E-state index contributed by atoms with van der Waals surface area (Å²) in [4.78, 5) is 0. The summed E-state index contributed by atoms with van der Waals surface area (Å²) < 4.78 is 2.09. The number of rotatable bonds is 5. The molecule has 1 unspecified atom stereocenters. The van der Waals surface area contributed by atoms with Gasteiger partial charge in [-0.25, -0.2) is 0 Å². The number of hydrogen-bond donors (Lipinski definition) is 1. The lowest BCUT2D eigenvalue weighted by molar-refractivity contribution is 0.482. The molecule has 80 valence electrons. The van der Waals surface area contributed by atoms with E-state index in [1.807, 2.05) is 14.0 Å². The third-order valence-electron chi connectivity index (χ3n) is 2.60. The van der Waals surface area contributed by atoms with Gasteiger partial charge in [0.05, 0.1) is 5.69 Å². The third-order valence-corrected chi connectivity index (χ3v) is 2.60. The van der Waals surface area contributed by atoms with Gasteiger partial charge in [-0.3, -0.25) is 4.68 Å². The predicted octanol–water partition coefficient (Wildman–Crippen LogP) is 1.89. The van der Waals surface area contributed by atoms with Gasteiger partial charge in [0.1, 0.15) is 0 Å². The van der Waals surface area contributed by atoms with Crippen LogP contribution in [-0.4, -0.2) is 22.9 Å². The van der Waals surface area contributed by atoms with Crippen molar-refractivity contribution in [3.63, 3.8) is 0 Å². The first-order valence-electron chi connectivity index (χ1n) is 5.32. The lowest BCUT2D eigenvalue weighted by atomic mass is 10.2. The highest BCUT2D eigenvalue weighted by Gasteiger charge is 2.02. The molecule has 1 aromatic rings. The van der Waals surface area contributed by atoms with E-state index in [0.29, 0.717) is 6.04 Å². The Morgan fingerprint density at radius 2 is 2.21 bits per heavy atom. The molecule has 0 aromatic carbocycles. The zero-order chi connectivity index (χ0) is 10.6. The summed E-state index contributed by atoms with van der Waals surface area (Å²) in [6, 6.07) is 2.73. The van der Waals surface area contributed by atoms with Gasteiger partial charge in [0.2, 0.25) is 0 Å². The first-order valence-corrected chi connectivity index (χ1v) is 5.32. The van der Waals surface area contributed by atoms with Gasteiger partial charge in [0, 0.05) is 18.3 Å². The van der Waals surface area contributed by atoms with Gasteiger partial charge in [-0.2, -0.15) is 5.10 Å².